The number of anilines is 1. The number of fused-ring (bicyclic) bond motifs is 1. The summed E-state index contributed by atoms with van der Waals surface area (Å²) < 4.78 is 27.4. The van der Waals surface area contributed by atoms with Crippen LogP contribution in [0, 0.1) is 0 Å². The number of rotatable bonds is 5. The molecule has 1 aliphatic heterocycles. The van der Waals surface area contributed by atoms with Gasteiger partial charge >= 0.3 is 0 Å². The van der Waals surface area contributed by atoms with Crippen LogP contribution >= 0.6 is 0 Å². The quantitative estimate of drug-likeness (QED) is 0.703. The van der Waals surface area contributed by atoms with Crippen LogP contribution in [0.2, 0.25) is 0 Å². The fourth-order valence-electron chi connectivity index (χ4n) is 3.28. The molecule has 2 N–H and O–H groups in total. The molecule has 1 fully saturated rings. The Morgan fingerprint density at radius 1 is 1.07 bits per heavy atom. The molecule has 4 rings (SSSR count). The number of hydrogen-bond acceptors (Lipinski definition) is 5. The van der Waals surface area contributed by atoms with Gasteiger partial charge in [0, 0.05) is 37.3 Å². The van der Waals surface area contributed by atoms with E-state index in [4.69, 9.17) is 0 Å². The molecule has 0 saturated carbocycles. The average molecular weight is 385 g/mol. The molecule has 142 valence electrons. The van der Waals surface area contributed by atoms with Gasteiger partial charge < -0.3 is 10.2 Å². The Kier molecular flexibility index (Phi) is 4.86. The summed E-state index contributed by atoms with van der Waals surface area (Å²) in [4.78, 5) is 2.46. The number of hydrogen-bond donors (Lipinski definition) is 2. The fraction of sp³-hybridized carbons (Fsp3) is 0.316. The minimum Gasteiger partial charge on any atom is -0.379 e. The third kappa shape index (κ3) is 3.69. The molecular formula is C19H23N5O2S. The molecule has 8 heteroatoms. The number of H-pyrrole nitrogens is 1. The number of para-hydroxylation sites is 1. The first-order valence-electron chi connectivity index (χ1n) is 8.99. The lowest BCUT2D eigenvalue weighted by Crippen LogP contribution is -2.47. The predicted molar refractivity (Wildman–Crippen MR) is 106 cm³/mol. The lowest BCUT2D eigenvalue weighted by atomic mass is 10.2. The highest BCUT2D eigenvalue weighted by Crippen LogP contribution is 2.22. The number of likely N-dealkylation sites (N-methyl/N-ethyl adjacent to an activating group) is 1. The van der Waals surface area contributed by atoms with Gasteiger partial charge in [-0.15, -0.1) is 0 Å². The topological polar surface area (TPSA) is 81.3 Å². The third-order valence-electron chi connectivity index (χ3n) is 4.94. The van der Waals surface area contributed by atoms with Crippen LogP contribution in [0.1, 0.15) is 5.69 Å². The Morgan fingerprint density at radius 2 is 1.85 bits per heavy atom. The smallest absolute Gasteiger partial charge is 0.243 e. The number of nitrogens with one attached hydrogen (secondary N) is 2. The molecule has 2 aromatic carbocycles. The van der Waals surface area contributed by atoms with Crippen molar-refractivity contribution in [1.29, 1.82) is 0 Å². The Balaban J connectivity index is 1.50. The number of aromatic amines is 1. The standard InChI is InChI=1S/C19H23N5O2S/c1-23-9-11-24(12-10-23)27(25,26)16-6-4-5-15(13-16)20-14-19-17-7-2-3-8-18(17)21-22-19/h2-8,13,20H,9-12,14H2,1H3,(H,21,22). The number of piperazine rings is 1. The maximum atomic E-state index is 12.9. The summed E-state index contributed by atoms with van der Waals surface area (Å²) in [6.07, 6.45) is 0. The van der Waals surface area contributed by atoms with Gasteiger partial charge in [0.2, 0.25) is 10.0 Å². The first-order chi connectivity index (χ1) is 13.0. The van der Waals surface area contributed by atoms with Gasteiger partial charge in [-0.1, -0.05) is 24.3 Å². The molecular weight excluding hydrogens is 362 g/mol. The number of aromatic nitrogens is 2. The zero-order chi connectivity index (χ0) is 18.9. The van der Waals surface area contributed by atoms with E-state index in [1.54, 1.807) is 22.5 Å². The van der Waals surface area contributed by atoms with Gasteiger partial charge in [0.1, 0.15) is 0 Å². The Labute approximate surface area is 159 Å². The van der Waals surface area contributed by atoms with E-state index in [1.165, 1.54) is 0 Å². The van der Waals surface area contributed by atoms with Crippen molar-refractivity contribution in [1.82, 2.24) is 19.4 Å². The summed E-state index contributed by atoms with van der Waals surface area (Å²) in [6, 6.07) is 14.9. The highest BCUT2D eigenvalue weighted by atomic mass is 32.2. The van der Waals surface area contributed by atoms with Gasteiger partial charge in [-0.05, 0) is 31.3 Å². The van der Waals surface area contributed by atoms with Gasteiger partial charge in [-0.25, -0.2) is 8.42 Å². The first kappa shape index (κ1) is 18.0. The molecule has 0 atom stereocenters. The minimum atomic E-state index is -3.47. The van der Waals surface area contributed by atoms with Crippen LogP contribution in [0.25, 0.3) is 10.9 Å². The second-order valence-electron chi connectivity index (χ2n) is 6.81. The average Bonchev–Trinajstić information content (AvgIpc) is 3.10. The molecule has 0 radical (unpaired) electrons. The largest absolute Gasteiger partial charge is 0.379 e. The molecule has 0 unspecified atom stereocenters. The zero-order valence-electron chi connectivity index (χ0n) is 15.2. The van der Waals surface area contributed by atoms with Crippen LogP contribution in [-0.2, 0) is 16.6 Å². The van der Waals surface area contributed by atoms with E-state index < -0.39 is 10.0 Å². The van der Waals surface area contributed by atoms with Gasteiger partial charge in [0.15, 0.2) is 0 Å². The molecule has 1 aromatic heterocycles. The van der Waals surface area contributed by atoms with Crippen molar-refractivity contribution in [3.63, 3.8) is 0 Å². The summed E-state index contributed by atoms with van der Waals surface area (Å²) in [7, 11) is -1.46. The van der Waals surface area contributed by atoms with E-state index in [9.17, 15) is 8.42 Å². The van der Waals surface area contributed by atoms with E-state index in [0.717, 1.165) is 35.4 Å². The van der Waals surface area contributed by atoms with E-state index in [1.807, 2.05) is 37.4 Å². The van der Waals surface area contributed by atoms with Crippen LogP contribution in [0.15, 0.2) is 53.4 Å². The molecule has 0 bridgehead atoms. The molecule has 2 heterocycles. The molecule has 1 aliphatic rings. The molecule has 7 nitrogen and oxygen atoms in total. The van der Waals surface area contributed by atoms with E-state index >= 15 is 0 Å². The summed E-state index contributed by atoms with van der Waals surface area (Å²) >= 11 is 0. The van der Waals surface area contributed by atoms with Crippen molar-refractivity contribution < 1.29 is 8.42 Å². The number of sulfonamides is 1. The van der Waals surface area contributed by atoms with Crippen molar-refractivity contribution in [2.75, 3.05) is 38.5 Å². The van der Waals surface area contributed by atoms with Crippen LogP contribution in [-0.4, -0.2) is 61.0 Å². The molecule has 0 spiro atoms. The summed E-state index contributed by atoms with van der Waals surface area (Å²) in [6.45, 7) is 3.10. The summed E-state index contributed by atoms with van der Waals surface area (Å²) in [5.74, 6) is 0. The minimum absolute atomic E-state index is 0.325. The van der Waals surface area contributed by atoms with Gasteiger partial charge in [-0.2, -0.15) is 9.40 Å². The van der Waals surface area contributed by atoms with Crippen molar-refractivity contribution >= 4 is 26.6 Å². The van der Waals surface area contributed by atoms with Crippen LogP contribution < -0.4 is 5.32 Å². The van der Waals surface area contributed by atoms with E-state index in [0.29, 0.717) is 24.5 Å². The van der Waals surface area contributed by atoms with Crippen molar-refractivity contribution in [2.24, 2.45) is 0 Å². The van der Waals surface area contributed by atoms with Crippen molar-refractivity contribution in [3.05, 3.63) is 54.2 Å². The van der Waals surface area contributed by atoms with Crippen LogP contribution in [0.3, 0.4) is 0 Å². The SMILES string of the molecule is CN1CCN(S(=O)(=O)c2cccc(NCc3[nH]nc4ccccc34)c2)CC1. The van der Waals surface area contributed by atoms with Gasteiger partial charge in [-0.3, -0.25) is 5.10 Å². The highest BCUT2D eigenvalue weighted by molar-refractivity contribution is 7.89. The molecule has 0 amide bonds. The molecule has 3 aromatic rings. The Morgan fingerprint density at radius 3 is 2.67 bits per heavy atom. The summed E-state index contributed by atoms with van der Waals surface area (Å²) in [5, 5.41) is 11.7. The maximum Gasteiger partial charge on any atom is 0.243 e. The predicted octanol–water partition coefficient (Wildman–Crippen LogP) is 2.11. The maximum absolute atomic E-state index is 12.9. The molecule has 0 aliphatic carbocycles. The van der Waals surface area contributed by atoms with Gasteiger partial charge in [0.05, 0.1) is 22.7 Å². The zero-order valence-corrected chi connectivity index (χ0v) is 16.0. The molecule has 1 saturated heterocycles. The highest BCUT2D eigenvalue weighted by Gasteiger charge is 2.27. The summed E-state index contributed by atoms with van der Waals surface area (Å²) in [5.41, 5.74) is 2.66. The van der Waals surface area contributed by atoms with E-state index in [2.05, 4.69) is 20.4 Å². The number of benzene rings is 2. The Bertz CT molecular complexity index is 1040. The number of nitrogens with zero attached hydrogens (tertiary/aromatic N) is 3. The van der Waals surface area contributed by atoms with Crippen LogP contribution in [0.5, 0.6) is 0 Å². The van der Waals surface area contributed by atoms with Crippen LogP contribution in [0.4, 0.5) is 5.69 Å². The second-order valence-corrected chi connectivity index (χ2v) is 8.75. The molecule has 27 heavy (non-hydrogen) atoms. The van der Waals surface area contributed by atoms with Gasteiger partial charge in [0.25, 0.3) is 0 Å². The lowest BCUT2D eigenvalue weighted by Gasteiger charge is -2.31. The van der Waals surface area contributed by atoms with Crippen molar-refractivity contribution in [2.45, 2.75) is 11.4 Å². The Hall–Kier alpha value is -2.42. The second kappa shape index (κ2) is 7.30. The first-order valence-corrected chi connectivity index (χ1v) is 10.4. The fourth-order valence-corrected chi connectivity index (χ4v) is 4.75. The van der Waals surface area contributed by atoms with Crippen molar-refractivity contribution in [3.8, 4) is 0 Å². The lowest BCUT2D eigenvalue weighted by molar-refractivity contribution is 0.222. The third-order valence-corrected chi connectivity index (χ3v) is 6.84. The normalized spacial score (nSPS) is 16.6. The van der Waals surface area contributed by atoms with E-state index in [-0.39, 0.29) is 0 Å². The monoisotopic (exact) mass is 385 g/mol.